The van der Waals surface area contributed by atoms with E-state index in [1.54, 1.807) is 32.3 Å². The first-order chi connectivity index (χ1) is 18.0. The van der Waals surface area contributed by atoms with Crippen molar-refractivity contribution in [1.82, 2.24) is 9.88 Å². The highest BCUT2D eigenvalue weighted by molar-refractivity contribution is 7.92. The van der Waals surface area contributed by atoms with E-state index in [2.05, 4.69) is 9.98 Å². The molecule has 0 saturated heterocycles. The van der Waals surface area contributed by atoms with Crippen molar-refractivity contribution in [3.05, 3.63) is 75.7 Å². The van der Waals surface area contributed by atoms with Gasteiger partial charge in [-0.2, -0.15) is 0 Å². The van der Waals surface area contributed by atoms with E-state index in [0.29, 0.717) is 39.2 Å². The Labute approximate surface area is 223 Å². The predicted octanol–water partition coefficient (Wildman–Crippen LogP) is 4.36. The Morgan fingerprint density at radius 3 is 2.53 bits per heavy atom. The van der Waals surface area contributed by atoms with Crippen LogP contribution in [-0.2, 0) is 14.8 Å². The number of methoxy groups -OCH3 is 1. The molecule has 0 saturated carbocycles. The molecule has 0 fully saturated rings. The minimum absolute atomic E-state index is 0.0729. The number of benzene rings is 2. The quantitative estimate of drug-likeness (QED) is 0.233. The number of aliphatic imine (C=N–C) groups is 1. The molecule has 200 valence electrons. The lowest BCUT2D eigenvalue weighted by molar-refractivity contribution is 0.0601. The third kappa shape index (κ3) is 5.72. The molecule has 9 nitrogen and oxygen atoms in total. The van der Waals surface area contributed by atoms with Gasteiger partial charge in [0.05, 0.1) is 46.5 Å². The molecule has 2 heterocycles. The number of carbonyl (C=O) groups is 1. The molecule has 0 atom stereocenters. The zero-order chi connectivity index (χ0) is 27.6. The molecule has 0 aliphatic rings. The van der Waals surface area contributed by atoms with Gasteiger partial charge in [0.1, 0.15) is 5.82 Å². The van der Waals surface area contributed by atoms with Crippen LogP contribution >= 0.6 is 11.3 Å². The maximum Gasteiger partial charge on any atom is 0.337 e. The fourth-order valence-electron chi connectivity index (χ4n) is 3.97. The third-order valence-electron chi connectivity index (χ3n) is 5.78. The van der Waals surface area contributed by atoms with E-state index >= 15 is 4.39 Å². The molecule has 38 heavy (non-hydrogen) atoms. The fraction of sp³-hybridized carbons (Fsp3) is 0.231. The Morgan fingerprint density at radius 2 is 1.92 bits per heavy atom. The number of aromatic hydroxyl groups is 1. The minimum Gasteiger partial charge on any atom is -0.494 e. The maximum atomic E-state index is 15.3. The number of nitrogens with zero attached hydrogens (tertiary/aromatic N) is 3. The molecule has 4 rings (SSSR count). The van der Waals surface area contributed by atoms with Gasteiger partial charge in [-0.25, -0.2) is 22.6 Å². The van der Waals surface area contributed by atoms with Gasteiger partial charge in [-0.05, 0) is 49.8 Å². The summed E-state index contributed by atoms with van der Waals surface area (Å²) in [6.45, 7) is 0.495. The molecular weight excluding hydrogens is 531 g/mol. The number of anilines is 1. The van der Waals surface area contributed by atoms with Crippen molar-refractivity contribution in [3.8, 4) is 5.88 Å². The number of hydrogen-bond acceptors (Lipinski definition) is 8. The second kappa shape index (κ2) is 10.9. The van der Waals surface area contributed by atoms with Gasteiger partial charge >= 0.3 is 5.97 Å². The number of H-pyrrole nitrogens is 1. The number of esters is 1. The van der Waals surface area contributed by atoms with Crippen LogP contribution in [0.25, 0.3) is 10.9 Å². The van der Waals surface area contributed by atoms with Crippen molar-refractivity contribution in [2.75, 3.05) is 44.9 Å². The Balaban J connectivity index is 1.82. The van der Waals surface area contributed by atoms with Crippen molar-refractivity contribution in [2.24, 2.45) is 4.99 Å². The van der Waals surface area contributed by atoms with Gasteiger partial charge in [-0.15, -0.1) is 11.3 Å². The first-order valence-electron chi connectivity index (χ1n) is 11.5. The highest BCUT2D eigenvalue weighted by Gasteiger charge is 2.23. The molecule has 2 N–H and O–H groups in total. The number of likely N-dealkylation sites (N-methyl/N-ethyl adjacent to an activating group) is 1. The lowest BCUT2D eigenvalue weighted by Gasteiger charge is -2.24. The molecule has 0 unspecified atom stereocenters. The van der Waals surface area contributed by atoms with Crippen LogP contribution in [0.2, 0.25) is 0 Å². The maximum absolute atomic E-state index is 15.3. The van der Waals surface area contributed by atoms with Crippen LogP contribution in [0.3, 0.4) is 0 Å². The lowest BCUT2D eigenvalue weighted by atomic mass is 10.0. The zero-order valence-corrected chi connectivity index (χ0v) is 22.9. The number of hydrogen-bond donors (Lipinski definition) is 2. The number of halogens is 1. The van der Waals surface area contributed by atoms with Crippen LogP contribution < -0.4 is 4.31 Å². The van der Waals surface area contributed by atoms with Crippen molar-refractivity contribution in [1.29, 1.82) is 0 Å². The summed E-state index contributed by atoms with van der Waals surface area (Å²) in [5.74, 6) is -1.43. The van der Waals surface area contributed by atoms with E-state index in [-0.39, 0.29) is 23.8 Å². The first-order valence-corrected chi connectivity index (χ1v) is 14.2. The number of ether oxygens (including phenoxy) is 1. The highest BCUT2D eigenvalue weighted by Crippen LogP contribution is 2.34. The molecule has 2 aromatic carbocycles. The van der Waals surface area contributed by atoms with Crippen LogP contribution in [0, 0.1) is 5.82 Å². The van der Waals surface area contributed by atoms with E-state index in [1.807, 2.05) is 22.4 Å². The highest BCUT2D eigenvalue weighted by atomic mass is 32.2. The number of carbonyl (C=O) groups excluding carboxylic acids is 1. The van der Waals surface area contributed by atoms with Crippen molar-refractivity contribution >= 4 is 55.3 Å². The van der Waals surface area contributed by atoms with Crippen molar-refractivity contribution in [3.63, 3.8) is 0 Å². The van der Waals surface area contributed by atoms with Crippen molar-refractivity contribution in [2.45, 2.75) is 0 Å². The van der Waals surface area contributed by atoms with Gasteiger partial charge in [0, 0.05) is 30.1 Å². The smallest absolute Gasteiger partial charge is 0.337 e. The van der Waals surface area contributed by atoms with E-state index < -0.39 is 21.8 Å². The zero-order valence-electron chi connectivity index (χ0n) is 21.2. The number of rotatable bonds is 9. The Morgan fingerprint density at radius 1 is 1.16 bits per heavy atom. The average Bonchev–Trinajstić information content (AvgIpc) is 3.49. The SMILES string of the molecule is COC(=O)c1ccc2c(C(=Nc3ccc(N(CCN(C)C)S(C)(=O)=O)c(F)c3)c3cccs3)c(O)[nH]c2c1. The predicted molar refractivity (Wildman–Crippen MR) is 148 cm³/mol. The molecule has 0 radical (unpaired) electrons. The topological polar surface area (TPSA) is 115 Å². The first kappa shape index (κ1) is 27.3. The molecule has 0 bridgehead atoms. The summed E-state index contributed by atoms with van der Waals surface area (Å²) in [5, 5.41) is 13.3. The summed E-state index contributed by atoms with van der Waals surface area (Å²) in [6.07, 6.45) is 1.04. The van der Waals surface area contributed by atoms with E-state index in [1.165, 1.54) is 30.6 Å². The van der Waals surface area contributed by atoms with E-state index in [0.717, 1.165) is 16.6 Å². The number of thiophene rings is 1. The number of aromatic nitrogens is 1. The Bertz CT molecular complexity index is 1610. The van der Waals surface area contributed by atoms with Gasteiger partial charge in [-0.1, -0.05) is 12.1 Å². The molecular formula is C26H27FN4O5S2. The number of nitrogens with one attached hydrogen (secondary N) is 1. The van der Waals surface area contributed by atoms with Gasteiger partial charge in [0.2, 0.25) is 10.0 Å². The summed E-state index contributed by atoms with van der Waals surface area (Å²) in [4.78, 5) is 22.0. The molecule has 4 aromatic rings. The summed E-state index contributed by atoms with van der Waals surface area (Å²) in [7, 11) is 1.17. The largest absolute Gasteiger partial charge is 0.494 e. The molecule has 12 heteroatoms. The standard InChI is InChI=1S/C26H27FN4O5S2/c1-30(2)11-12-31(38(4,34)35)21-10-8-17(15-19(21)27)28-24(22-6-5-13-37-22)23-18-9-7-16(26(33)36-3)14-20(18)29-25(23)32/h5-10,13-15,29,32H,11-12H2,1-4H3. The van der Waals surface area contributed by atoms with E-state index in [4.69, 9.17) is 4.74 Å². The number of fused-ring (bicyclic) bond motifs is 1. The Kier molecular flexibility index (Phi) is 7.86. The molecule has 2 aromatic heterocycles. The molecule has 0 aliphatic heterocycles. The van der Waals surface area contributed by atoms with Crippen molar-refractivity contribution < 1.29 is 27.4 Å². The van der Waals surface area contributed by atoms with E-state index in [9.17, 15) is 18.3 Å². The van der Waals surface area contributed by atoms with Gasteiger partial charge < -0.3 is 19.7 Å². The summed E-state index contributed by atoms with van der Waals surface area (Å²) in [6, 6.07) is 12.6. The van der Waals surface area contributed by atoms with Crippen LogP contribution in [-0.4, -0.2) is 75.6 Å². The second-order valence-corrected chi connectivity index (χ2v) is 11.7. The molecule has 0 spiro atoms. The summed E-state index contributed by atoms with van der Waals surface area (Å²) in [5.41, 5.74) is 1.73. The minimum atomic E-state index is -3.72. The number of aromatic amines is 1. The summed E-state index contributed by atoms with van der Waals surface area (Å²) < 4.78 is 45.8. The third-order valence-corrected chi connectivity index (χ3v) is 7.84. The monoisotopic (exact) mass is 558 g/mol. The number of sulfonamides is 1. The van der Waals surface area contributed by atoms with Crippen LogP contribution in [0.4, 0.5) is 15.8 Å². The Hall–Kier alpha value is -3.74. The second-order valence-electron chi connectivity index (χ2n) is 8.81. The fourth-order valence-corrected chi connectivity index (χ4v) is 5.61. The molecule has 0 aliphatic carbocycles. The normalized spacial score (nSPS) is 12.3. The average molecular weight is 559 g/mol. The van der Waals surface area contributed by atoms with Gasteiger partial charge in [0.25, 0.3) is 0 Å². The molecule has 0 amide bonds. The van der Waals surface area contributed by atoms with Gasteiger partial charge in [-0.3, -0.25) is 4.31 Å². The van der Waals surface area contributed by atoms with Crippen LogP contribution in [0.1, 0.15) is 20.8 Å². The van der Waals surface area contributed by atoms with Crippen LogP contribution in [0.15, 0.2) is 58.9 Å². The lowest BCUT2D eigenvalue weighted by Crippen LogP contribution is -2.36. The van der Waals surface area contributed by atoms with Crippen LogP contribution in [0.5, 0.6) is 5.88 Å². The van der Waals surface area contributed by atoms with Gasteiger partial charge in [0.15, 0.2) is 5.88 Å². The summed E-state index contributed by atoms with van der Waals surface area (Å²) >= 11 is 1.39.